The Hall–Kier alpha value is -2.93. The van der Waals surface area contributed by atoms with E-state index in [0.717, 1.165) is 12.1 Å². The number of rotatable bonds is 4. The topological polar surface area (TPSA) is 55.4 Å². The first kappa shape index (κ1) is 19.8. The molecular weight excluding hydrogens is 384 g/mol. The lowest BCUT2D eigenvalue weighted by molar-refractivity contribution is -0.116. The number of halogens is 2. The fourth-order valence-corrected chi connectivity index (χ4v) is 3.31. The average Bonchev–Trinajstić information content (AvgIpc) is 3.04. The minimum Gasteiger partial charge on any atom is -0.497 e. The van der Waals surface area contributed by atoms with Gasteiger partial charge in [0.1, 0.15) is 17.4 Å². The predicted octanol–water partition coefficient (Wildman–Crippen LogP) is 4.09. The molecule has 1 atom stereocenters. The number of methoxy groups -OCH3 is 1. The van der Waals surface area contributed by atoms with Crippen LogP contribution in [0, 0.1) is 17.6 Å². The quantitative estimate of drug-likeness (QED) is 0.619. The van der Waals surface area contributed by atoms with Crippen LogP contribution in [0.15, 0.2) is 48.0 Å². The fourth-order valence-electron chi connectivity index (χ4n) is 2.99. The highest BCUT2D eigenvalue weighted by Gasteiger charge is 2.33. The van der Waals surface area contributed by atoms with Crippen LogP contribution in [0.2, 0.25) is 0 Å². The molecule has 1 amide bonds. The van der Waals surface area contributed by atoms with Gasteiger partial charge in [-0.05, 0) is 60.9 Å². The fraction of sp³-hybridized carbons (Fsp3) is 0.190. The Balaban J connectivity index is 1.68. The van der Waals surface area contributed by atoms with Crippen LogP contribution >= 0.6 is 12.2 Å². The number of allylic oxidation sites excluding steroid dienone is 1. The van der Waals surface area contributed by atoms with Gasteiger partial charge in [0.25, 0.3) is 5.91 Å². The summed E-state index contributed by atoms with van der Waals surface area (Å²) in [6.07, 6.45) is 2.24. The lowest BCUT2D eigenvalue weighted by Gasteiger charge is -2.12. The van der Waals surface area contributed by atoms with Gasteiger partial charge in [0, 0.05) is 17.2 Å². The van der Waals surface area contributed by atoms with Crippen molar-refractivity contribution in [2.75, 3.05) is 7.11 Å². The summed E-state index contributed by atoms with van der Waals surface area (Å²) < 4.78 is 31.9. The van der Waals surface area contributed by atoms with E-state index in [0.29, 0.717) is 29.7 Å². The van der Waals surface area contributed by atoms with Gasteiger partial charge in [0.2, 0.25) is 0 Å². The van der Waals surface area contributed by atoms with Crippen LogP contribution in [0.5, 0.6) is 5.75 Å². The monoisotopic (exact) mass is 401 g/mol. The van der Waals surface area contributed by atoms with Crippen LogP contribution < -0.4 is 10.1 Å². The molecule has 0 saturated heterocycles. The standard InChI is InChI=1S/C21H17F2NO3S/c1-27-16-7-3-12(4-8-16)20(26)24-21(28)17-9-5-14(19(17)25)10-13-2-6-15(22)11-18(13)23/h2-4,6-8,10-11,17H,5,9H2,1H3,(H,24,26,28)/b14-10-/t17-/m1/s1. The molecule has 1 aliphatic rings. The molecule has 1 fully saturated rings. The van der Waals surface area contributed by atoms with Crippen molar-refractivity contribution in [1.29, 1.82) is 0 Å². The van der Waals surface area contributed by atoms with Gasteiger partial charge in [-0.2, -0.15) is 0 Å². The van der Waals surface area contributed by atoms with Gasteiger partial charge in [-0.15, -0.1) is 0 Å². The molecule has 0 aliphatic heterocycles. The van der Waals surface area contributed by atoms with Crippen molar-refractivity contribution in [1.82, 2.24) is 5.32 Å². The van der Waals surface area contributed by atoms with Crippen molar-refractivity contribution in [3.63, 3.8) is 0 Å². The molecule has 144 valence electrons. The number of hydrogen-bond acceptors (Lipinski definition) is 4. The number of carbonyl (C=O) groups excluding carboxylic acids is 2. The van der Waals surface area contributed by atoms with E-state index < -0.39 is 23.5 Å². The first-order valence-electron chi connectivity index (χ1n) is 8.58. The molecule has 0 unspecified atom stereocenters. The highest BCUT2D eigenvalue weighted by Crippen LogP contribution is 2.30. The molecule has 0 bridgehead atoms. The zero-order valence-electron chi connectivity index (χ0n) is 15.0. The summed E-state index contributed by atoms with van der Waals surface area (Å²) in [4.78, 5) is 25.1. The number of amides is 1. The number of ketones is 1. The SMILES string of the molecule is COc1ccc(C(=O)NC(=S)[C@@H]2CC/C(=C/c3ccc(F)cc3F)C2=O)cc1. The Morgan fingerprint density at radius 2 is 1.93 bits per heavy atom. The average molecular weight is 401 g/mol. The molecule has 1 N–H and O–H groups in total. The van der Waals surface area contributed by atoms with Gasteiger partial charge in [-0.3, -0.25) is 9.59 Å². The van der Waals surface area contributed by atoms with Crippen molar-refractivity contribution in [3.8, 4) is 5.75 Å². The minimum absolute atomic E-state index is 0.133. The normalized spacial score (nSPS) is 17.6. The van der Waals surface area contributed by atoms with Crippen LogP contribution in [0.1, 0.15) is 28.8 Å². The van der Waals surface area contributed by atoms with Crippen molar-refractivity contribution < 1.29 is 23.1 Å². The first-order valence-corrected chi connectivity index (χ1v) is 8.99. The van der Waals surface area contributed by atoms with Gasteiger partial charge in [-0.1, -0.05) is 12.2 Å². The molecule has 0 radical (unpaired) electrons. The van der Waals surface area contributed by atoms with Crippen molar-refractivity contribution in [2.45, 2.75) is 12.8 Å². The third kappa shape index (κ3) is 4.31. The maximum Gasteiger partial charge on any atom is 0.256 e. The Bertz CT molecular complexity index is 970. The van der Waals surface area contributed by atoms with E-state index in [2.05, 4.69) is 5.32 Å². The Morgan fingerprint density at radius 3 is 2.57 bits per heavy atom. The third-order valence-electron chi connectivity index (χ3n) is 4.53. The van der Waals surface area contributed by atoms with Crippen molar-refractivity contribution in [3.05, 3.63) is 70.8 Å². The van der Waals surface area contributed by atoms with Gasteiger partial charge in [0.15, 0.2) is 5.78 Å². The van der Waals surface area contributed by atoms with E-state index in [-0.39, 0.29) is 16.3 Å². The summed E-state index contributed by atoms with van der Waals surface area (Å²) in [5.41, 5.74) is 0.924. The highest BCUT2D eigenvalue weighted by atomic mass is 32.1. The number of benzene rings is 2. The van der Waals surface area contributed by atoms with Crippen LogP contribution in [0.3, 0.4) is 0 Å². The van der Waals surface area contributed by atoms with Crippen LogP contribution in [-0.2, 0) is 4.79 Å². The number of thiocarbonyl (C=S) groups is 1. The molecule has 2 aromatic rings. The number of Topliss-reactive ketones (excluding diaryl/α,β-unsaturated/α-hetero) is 1. The van der Waals surface area contributed by atoms with Gasteiger partial charge >= 0.3 is 0 Å². The van der Waals surface area contributed by atoms with Gasteiger partial charge in [0.05, 0.1) is 18.0 Å². The van der Waals surface area contributed by atoms with Gasteiger partial charge < -0.3 is 10.1 Å². The molecule has 1 saturated carbocycles. The summed E-state index contributed by atoms with van der Waals surface area (Å²) >= 11 is 5.25. The number of nitrogens with one attached hydrogen (secondary N) is 1. The Morgan fingerprint density at radius 1 is 1.21 bits per heavy atom. The Labute approximate surface area is 166 Å². The smallest absolute Gasteiger partial charge is 0.256 e. The maximum atomic E-state index is 13.8. The van der Waals surface area contributed by atoms with Crippen molar-refractivity contribution in [2.24, 2.45) is 5.92 Å². The molecule has 0 heterocycles. The van der Waals surface area contributed by atoms with E-state index in [1.54, 1.807) is 24.3 Å². The molecular formula is C21H17F2NO3S. The molecule has 0 aromatic heterocycles. The van der Waals surface area contributed by atoms with E-state index in [4.69, 9.17) is 17.0 Å². The lowest BCUT2D eigenvalue weighted by atomic mass is 10.0. The van der Waals surface area contributed by atoms with E-state index >= 15 is 0 Å². The zero-order chi connectivity index (χ0) is 20.3. The molecule has 1 aliphatic carbocycles. The van der Waals surface area contributed by atoms with Crippen LogP contribution in [0.25, 0.3) is 6.08 Å². The Kier molecular flexibility index (Phi) is 5.94. The van der Waals surface area contributed by atoms with E-state index in [9.17, 15) is 18.4 Å². The summed E-state index contributed by atoms with van der Waals surface area (Å²) in [5, 5.41) is 2.59. The van der Waals surface area contributed by atoms with Crippen LogP contribution in [-0.4, -0.2) is 23.8 Å². The second kappa shape index (κ2) is 8.39. The molecule has 4 nitrogen and oxygen atoms in total. The maximum absolute atomic E-state index is 13.8. The first-order chi connectivity index (χ1) is 13.4. The molecule has 2 aromatic carbocycles. The molecule has 7 heteroatoms. The second-order valence-corrected chi connectivity index (χ2v) is 6.78. The molecule has 3 rings (SSSR count). The van der Waals surface area contributed by atoms with Crippen molar-refractivity contribution >= 4 is 35.0 Å². The van der Waals surface area contributed by atoms with E-state index in [1.807, 2.05) is 0 Å². The second-order valence-electron chi connectivity index (χ2n) is 6.34. The summed E-state index contributed by atoms with van der Waals surface area (Å²) in [5.74, 6) is -2.12. The number of carbonyl (C=O) groups is 2. The molecule has 28 heavy (non-hydrogen) atoms. The number of hydrogen-bond donors (Lipinski definition) is 1. The summed E-state index contributed by atoms with van der Waals surface area (Å²) in [7, 11) is 1.53. The summed E-state index contributed by atoms with van der Waals surface area (Å²) in [6, 6.07) is 9.66. The highest BCUT2D eigenvalue weighted by molar-refractivity contribution is 7.80. The summed E-state index contributed by atoms with van der Waals surface area (Å²) in [6.45, 7) is 0. The van der Waals surface area contributed by atoms with E-state index in [1.165, 1.54) is 19.3 Å². The zero-order valence-corrected chi connectivity index (χ0v) is 15.8. The predicted molar refractivity (Wildman–Crippen MR) is 105 cm³/mol. The minimum atomic E-state index is -0.737. The van der Waals surface area contributed by atoms with Gasteiger partial charge in [-0.25, -0.2) is 8.78 Å². The lowest BCUT2D eigenvalue weighted by Crippen LogP contribution is -2.36. The van der Waals surface area contributed by atoms with Crippen LogP contribution in [0.4, 0.5) is 8.78 Å². The largest absolute Gasteiger partial charge is 0.497 e. The molecule has 0 spiro atoms. The number of ether oxygens (including phenoxy) is 1. The third-order valence-corrected chi connectivity index (χ3v) is 4.92.